The van der Waals surface area contributed by atoms with Gasteiger partial charge in [0.25, 0.3) is 0 Å². The van der Waals surface area contributed by atoms with E-state index >= 15 is 0 Å². The molecule has 0 aliphatic heterocycles. The third kappa shape index (κ3) is 3.36. The molecule has 2 rings (SSSR count). The van der Waals surface area contributed by atoms with Crippen molar-refractivity contribution in [1.82, 2.24) is 9.97 Å². The van der Waals surface area contributed by atoms with E-state index < -0.39 is 11.9 Å². The Morgan fingerprint density at radius 3 is 2.68 bits per heavy atom. The fraction of sp³-hybridized carbons (Fsp3) is 0.692. The Bertz CT molecular complexity index is 443. The van der Waals surface area contributed by atoms with E-state index in [2.05, 4.69) is 29.1 Å². The van der Waals surface area contributed by atoms with Gasteiger partial charge in [-0.25, -0.2) is 9.97 Å². The molecule has 0 bridgehead atoms. The van der Waals surface area contributed by atoms with Crippen molar-refractivity contribution < 1.29 is 13.2 Å². The predicted octanol–water partition coefficient (Wildman–Crippen LogP) is 3.88. The number of nitrogens with one attached hydrogen (secondary N) is 1. The van der Waals surface area contributed by atoms with Crippen LogP contribution in [0.2, 0.25) is 0 Å². The molecule has 3 nitrogen and oxygen atoms in total. The summed E-state index contributed by atoms with van der Waals surface area (Å²) in [6.07, 6.45) is 0.959. The molecule has 0 radical (unpaired) electrons. The van der Waals surface area contributed by atoms with Gasteiger partial charge < -0.3 is 5.32 Å². The third-order valence-electron chi connectivity index (χ3n) is 3.76. The van der Waals surface area contributed by atoms with Crippen LogP contribution in [-0.2, 0) is 6.18 Å². The van der Waals surface area contributed by atoms with Gasteiger partial charge in [0.15, 0.2) is 0 Å². The molecule has 1 unspecified atom stereocenters. The number of anilines is 1. The molecule has 1 aliphatic rings. The first kappa shape index (κ1) is 14.1. The fourth-order valence-electron chi connectivity index (χ4n) is 2.50. The minimum atomic E-state index is -4.43. The highest BCUT2D eigenvalue weighted by atomic mass is 19.4. The second-order valence-corrected chi connectivity index (χ2v) is 5.69. The van der Waals surface area contributed by atoms with Crippen molar-refractivity contribution >= 4 is 5.95 Å². The predicted molar refractivity (Wildman–Crippen MR) is 66.7 cm³/mol. The lowest BCUT2D eigenvalue weighted by Gasteiger charge is -2.39. The highest BCUT2D eigenvalue weighted by molar-refractivity contribution is 5.28. The van der Waals surface area contributed by atoms with E-state index in [1.807, 2.05) is 0 Å². The molecule has 1 aromatic heterocycles. The monoisotopic (exact) mass is 273 g/mol. The molecular formula is C13H18F3N3. The van der Waals surface area contributed by atoms with Gasteiger partial charge in [0.2, 0.25) is 5.95 Å². The lowest BCUT2D eigenvalue weighted by Crippen LogP contribution is -2.39. The summed E-state index contributed by atoms with van der Waals surface area (Å²) in [6.45, 7) is 4.24. The maximum atomic E-state index is 12.6. The zero-order valence-corrected chi connectivity index (χ0v) is 11.1. The number of aromatic nitrogens is 2. The van der Waals surface area contributed by atoms with Gasteiger partial charge in [-0.2, -0.15) is 13.2 Å². The summed E-state index contributed by atoms with van der Waals surface area (Å²) < 4.78 is 37.7. The van der Waals surface area contributed by atoms with Crippen molar-refractivity contribution in [3.05, 3.63) is 18.0 Å². The number of nitrogens with zero attached hydrogens (tertiary/aromatic N) is 2. The third-order valence-corrected chi connectivity index (χ3v) is 3.76. The van der Waals surface area contributed by atoms with Crippen LogP contribution < -0.4 is 5.32 Å². The Kier molecular flexibility index (Phi) is 3.69. The van der Waals surface area contributed by atoms with Crippen molar-refractivity contribution in [2.24, 2.45) is 5.41 Å². The summed E-state index contributed by atoms with van der Waals surface area (Å²) in [5.41, 5.74) is -0.853. The van der Waals surface area contributed by atoms with E-state index in [-0.39, 0.29) is 17.4 Å². The van der Waals surface area contributed by atoms with E-state index in [1.165, 1.54) is 0 Å². The number of hydrogen-bond acceptors (Lipinski definition) is 3. The summed E-state index contributed by atoms with van der Waals surface area (Å²) in [5.74, 6) is 0.0646. The van der Waals surface area contributed by atoms with E-state index in [4.69, 9.17) is 0 Å². The highest BCUT2D eigenvalue weighted by Gasteiger charge is 2.35. The Morgan fingerprint density at radius 1 is 1.32 bits per heavy atom. The van der Waals surface area contributed by atoms with Crippen LogP contribution >= 0.6 is 0 Å². The normalized spacial score (nSPS) is 23.1. The van der Waals surface area contributed by atoms with Crippen LogP contribution in [0.15, 0.2) is 12.3 Å². The van der Waals surface area contributed by atoms with Crippen molar-refractivity contribution in [2.75, 3.05) is 5.32 Å². The Labute approximate surface area is 110 Å². The van der Waals surface area contributed by atoms with E-state index in [1.54, 1.807) is 0 Å². The smallest absolute Gasteiger partial charge is 0.351 e. The zero-order valence-electron chi connectivity index (χ0n) is 11.1. The molecule has 106 valence electrons. The number of alkyl halides is 3. The summed E-state index contributed by atoms with van der Waals surface area (Å²) in [4.78, 5) is 7.45. The van der Waals surface area contributed by atoms with Crippen LogP contribution in [0.5, 0.6) is 0 Å². The van der Waals surface area contributed by atoms with Crippen molar-refractivity contribution in [1.29, 1.82) is 0 Å². The molecule has 0 spiro atoms. The van der Waals surface area contributed by atoms with Gasteiger partial charge >= 0.3 is 6.18 Å². The van der Waals surface area contributed by atoms with Crippen molar-refractivity contribution in [3.8, 4) is 0 Å². The largest absolute Gasteiger partial charge is 0.433 e. The van der Waals surface area contributed by atoms with Gasteiger partial charge in [-0.3, -0.25) is 0 Å². The first-order chi connectivity index (χ1) is 8.79. The zero-order chi connectivity index (χ0) is 14.1. The summed E-state index contributed by atoms with van der Waals surface area (Å²) >= 11 is 0. The first-order valence-corrected chi connectivity index (χ1v) is 6.46. The topological polar surface area (TPSA) is 37.8 Å². The maximum Gasteiger partial charge on any atom is 0.433 e. The standard InChI is InChI=1S/C13H18F3N3/c1-12(2)7-4-3-5-9(12)18-11-17-8-6-10(19-11)13(14,15)16/h6,8-9H,3-5,7H2,1-2H3,(H,17,18,19). The van der Waals surface area contributed by atoms with Crippen LogP contribution in [0.1, 0.15) is 45.2 Å². The number of halogens is 3. The minimum absolute atomic E-state index is 0.0514. The van der Waals surface area contributed by atoms with Crippen LogP contribution in [0.3, 0.4) is 0 Å². The quantitative estimate of drug-likeness (QED) is 0.888. The summed E-state index contributed by atoms with van der Waals surface area (Å²) in [6, 6.07) is 1.00. The number of hydrogen-bond donors (Lipinski definition) is 1. The average Bonchev–Trinajstić information content (AvgIpc) is 2.31. The van der Waals surface area contributed by atoms with Crippen LogP contribution in [0, 0.1) is 5.41 Å². The van der Waals surface area contributed by atoms with E-state index in [0.717, 1.165) is 37.9 Å². The second-order valence-electron chi connectivity index (χ2n) is 5.69. The lowest BCUT2D eigenvalue weighted by atomic mass is 9.73. The molecule has 19 heavy (non-hydrogen) atoms. The Balaban J connectivity index is 2.15. The molecule has 1 saturated carbocycles. The Hall–Kier alpha value is -1.33. The molecule has 6 heteroatoms. The molecule has 0 amide bonds. The molecule has 1 N–H and O–H groups in total. The molecule has 1 aliphatic carbocycles. The molecule has 0 saturated heterocycles. The van der Waals surface area contributed by atoms with E-state index in [0.29, 0.717) is 0 Å². The van der Waals surface area contributed by atoms with Crippen LogP contribution in [0.25, 0.3) is 0 Å². The second kappa shape index (κ2) is 4.98. The number of rotatable bonds is 2. The average molecular weight is 273 g/mol. The fourth-order valence-corrected chi connectivity index (χ4v) is 2.50. The molecular weight excluding hydrogens is 255 g/mol. The molecule has 1 heterocycles. The van der Waals surface area contributed by atoms with Crippen molar-refractivity contribution in [2.45, 2.75) is 51.7 Å². The van der Waals surface area contributed by atoms with Crippen LogP contribution in [0.4, 0.5) is 19.1 Å². The van der Waals surface area contributed by atoms with Gasteiger partial charge in [0.05, 0.1) is 0 Å². The molecule has 1 fully saturated rings. The molecule has 1 aromatic rings. The SMILES string of the molecule is CC1(C)CCCCC1Nc1nccc(C(F)(F)F)n1. The van der Waals surface area contributed by atoms with Crippen LogP contribution in [-0.4, -0.2) is 16.0 Å². The Morgan fingerprint density at radius 2 is 2.05 bits per heavy atom. The molecule has 1 atom stereocenters. The maximum absolute atomic E-state index is 12.6. The lowest BCUT2D eigenvalue weighted by molar-refractivity contribution is -0.141. The highest BCUT2D eigenvalue weighted by Crippen LogP contribution is 2.37. The van der Waals surface area contributed by atoms with E-state index in [9.17, 15) is 13.2 Å². The first-order valence-electron chi connectivity index (χ1n) is 6.46. The van der Waals surface area contributed by atoms with Gasteiger partial charge in [-0.15, -0.1) is 0 Å². The summed E-state index contributed by atoms with van der Waals surface area (Å²) in [5, 5.41) is 3.06. The minimum Gasteiger partial charge on any atom is -0.351 e. The van der Waals surface area contributed by atoms with Gasteiger partial charge in [-0.05, 0) is 24.3 Å². The van der Waals surface area contributed by atoms with Gasteiger partial charge in [0, 0.05) is 12.2 Å². The van der Waals surface area contributed by atoms with Crippen molar-refractivity contribution in [3.63, 3.8) is 0 Å². The van der Waals surface area contributed by atoms with Gasteiger partial charge in [-0.1, -0.05) is 26.7 Å². The summed E-state index contributed by atoms with van der Waals surface area (Å²) in [7, 11) is 0. The van der Waals surface area contributed by atoms with Gasteiger partial charge in [0.1, 0.15) is 5.69 Å². The molecule has 0 aromatic carbocycles.